The minimum Gasteiger partial charge on any atom is -0.469 e. The summed E-state index contributed by atoms with van der Waals surface area (Å²) in [6.45, 7) is 0.605. The van der Waals surface area contributed by atoms with E-state index in [4.69, 9.17) is 4.74 Å². The third kappa shape index (κ3) is 2.13. The molecule has 0 saturated carbocycles. The zero-order chi connectivity index (χ0) is 16.0. The van der Waals surface area contributed by atoms with E-state index < -0.39 is 0 Å². The summed E-state index contributed by atoms with van der Waals surface area (Å²) >= 11 is 0. The number of benzene rings is 2. The molecule has 1 heterocycles. The number of fused-ring (bicyclic) bond motifs is 2. The topological polar surface area (TPSA) is 46.6 Å². The van der Waals surface area contributed by atoms with E-state index in [1.54, 1.807) is 4.90 Å². The van der Waals surface area contributed by atoms with E-state index in [-0.39, 0.29) is 17.8 Å². The molecule has 0 spiro atoms. The van der Waals surface area contributed by atoms with Crippen molar-refractivity contribution < 1.29 is 14.3 Å². The van der Waals surface area contributed by atoms with Gasteiger partial charge in [0.2, 0.25) is 0 Å². The first kappa shape index (κ1) is 14.0. The fraction of sp³-hybridized carbons (Fsp3) is 0.263. The van der Waals surface area contributed by atoms with Gasteiger partial charge in [-0.2, -0.15) is 0 Å². The molecule has 0 bridgehead atoms. The van der Waals surface area contributed by atoms with Crippen LogP contribution in [0.2, 0.25) is 0 Å². The molecule has 4 nitrogen and oxygen atoms in total. The molecule has 0 aromatic heterocycles. The summed E-state index contributed by atoms with van der Waals surface area (Å²) in [5, 5.41) is 0. The first-order valence-electron chi connectivity index (χ1n) is 7.79. The second-order valence-electron chi connectivity index (χ2n) is 6.05. The van der Waals surface area contributed by atoms with Gasteiger partial charge >= 0.3 is 5.97 Å². The fourth-order valence-electron chi connectivity index (χ4n) is 3.62. The van der Waals surface area contributed by atoms with Crippen molar-refractivity contribution in [3.05, 3.63) is 64.7 Å². The van der Waals surface area contributed by atoms with Gasteiger partial charge in [-0.15, -0.1) is 0 Å². The Morgan fingerprint density at radius 3 is 2.78 bits per heavy atom. The minimum atomic E-state index is -0.179. The molecule has 4 heteroatoms. The summed E-state index contributed by atoms with van der Waals surface area (Å²) in [5.74, 6) is -0.306. The van der Waals surface area contributed by atoms with Crippen LogP contribution in [-0.4, -0.2) is 19.0 Å². The van der Waals surface area contributed by atoms with Crippen LogP contribution in [0, 0.1) is 0 Å². The number of aryl methyl sites for hydroxylation is 1. The third-order valence-electron chi connectivity index (χ3n) is 4.82. The van der Waals surface area contributed by atoms with Crippen molar-refractivity contribution in [1.29, 1.82) is 0 Å². The van der Waals surface area contributed by atoms with E-state index >= 15 is 0 Å². The van der Waals surface area contributed by atoms with Gasteiger partial charge in [0, 0.05) is 11.3 Å². The van der Waals surface area contributed by atoms with Gasteiger partial charge in [0.05, 0.1) is 19.6 Å². The summed E-state index contributed by atoms with van der Waals surface area (Å²) < 4.78 is 4.88. The standard InChI is InChI=1S/C19H17NO3/c1-23-19(22)17-8-6-12-10-14(7-9-15(12)17)20-11-13-4-2-3-5-16(13)18(20)21/h2-5,7,9-10,17H,6,8,11H2,1H3. The van der Waals surface area contributed by atoms with Gasteiger partial charge < -0.3 is 9.64 Å². The number of anilines is 1. The Balaban J connectivity index is 1.66. The van der Waals surface area contributed by atoms with E-state index in [2.05, 4.69) is 0 Å². The summed E-state index contributed by atoms with van der Waals surface area (Å²) in [7, 11) is 1.43. The van der Waals surface area contributed by atoms with Gasteiger partial charge in [0.25, 0.3) is 5.91 Å². The Kier molecular flexibility index (Phi) is 3.18. The van der Waals surface area contributed by atoms with Crippen LogP contribution in [-0.2, 0) is 22.5 Å². The molecular formula is C19H17NO3. The highest BCUT2D eigenvalue weighted by atomic mass is 16.5. The molecule has 0 radical (unpaired) electrons. The van der Waals surface area contributed by atoms with Crippen LogP contribution < -0.4 is 4.90 Å². The number of rotatable bonds is 2. The minimum absolute atomic E-state index is 0.0445. The van der Waals surface area contributed by atoms with E-state index in [1.165, 1.54) is 7.11 Å². The maximum Gasteiger partial charge on any atom is 0.313 e. The van der Waals surface area contributed by atoms with Gasteiger partial charge in [-0.25, -0.2) is 0 Å². The third-order valence-corrected chi connectivity index (χ3v) is 4.82. The zero-order valence-corrected chi connectivity index (χ0v) is 12.9. The maximum absolute atomic E-state index is 12.6. The Morgan fingerprint density at radius 1 is 1.17 bits per heavy atom. The summed E-state index contributed by atoms with van der Waals surface area (Å²) in [6.07, 6.45) is 1.62. The highest BCUT2D eigenvalue weighted by Gasteiger charge is 2.32. The van der Waals surface area contributed by atoms with Crippen molar-refractivity contribution in [3.8, 4) is 0 Å². The van der Waals surface area contributed by atoms with Crippen LogP contribution in [0.5, 0.6) is 0 Å². The van der Waals surface area contributed by atoms with Crippen molar-refractivity contribution in [3.63, 3.8) is 0 Å². The highest BCUT2D eigenvalue weighted by molar-refractivity contribution is 6.10. The lowest BCUT2D eigenvalue weighted by molar-refractivity contribution is -0.142. The molecule has 0 saturated heterocycles. The van der Waals surface area contributed by atoms with E-state index in [0.717, 1.165) is 40.8 Å². The van der Waals surface area contributed by atoms with Crippen molar-refractivity contribution in [1.82, 2.24) is 0 Å². The predicted octanol–water partition coefficient (Wildman–Crippen LogP) is 3.05. The zero-order valence-electron chi connectivity index (χ0n) is 12.9. The molecule has 2 aromatic carbocycles. The quantitative estimate of drug-likeness (QED) is 0.801. The Hall–Kier alpha value is -2.62. The molecule has 1 atom stereocenters. The normalized spacial score (nSPS) is 18.7. The van der Waals surface area contributed by atoms with Crippen molar-refractivity contribution in [2.75, 3.05) is 12.0 Å². The van der Waals surface area contributed by atoms with E-state index in [1.807, 2.05) is 42.5 Å². The molecule has 1 aliphatic heterocycles. The van der Waals surface area contributed by atoms with Gasteiger partial charge in [0.1, 0.15) is 0 Å². The molecule has 116 valence electrons. The lowest BCUT2D eigenvalue weighted by Gasteiger charge is -2.17. The SMILES string of the molecule is COC(=O)C1CCc2cc(N3Cc4ccccc4C3=O)ccc21. The molecule has 1 aliphatic carbocycles. The molecule has 0 N–H and O–H groups in total. The molecule has 0 fully saturated rings. The molecule has 23 heavy (non-hydrogen) atoms. The van der Waals surface area contributed by atoms with Crippen LogP contribution in [0.25, 0.3) is 0 Å². The molecular weight excluding hydrogens is 290 g/mol. The van der Waals surface area contributed by atoms with Crippen molar-refractivity contribution >= 4 is 17.6 Å². The van der Waals surface area contributed by atoms with Gasteiger partial charge in [0.15, 0.2) is 0 Å². The number of methoxy groups -OCH3 is 1. The molecule has 1 unspecified atom stereocenters. The number of nitrogens with zero attached hydrogens (tertiary/aromatic N) is 1. The number of hydrogen-bond acceptors (Lipinski definition) is 3. The van der Waals surface area contributed by atoms with Crippen molar-refractivity contribution in [2.24, 2.45) is 0 Å². The number of ether oxygens (including phenoxy) is 1. The van der Waals surface area contributed by atoms with Gasteiger partial charge in [-0.3, -0.25) is 9.59 Å². The maximum atomic E-state index is 12.6. The number of carbonyl (C=O) groups excluding carboxylic acids is 2. The second kappa shape index (κ2) is 5.23. The summed E-state index contributed by atoms with van der Waals surface area (Å²) in [5.41, 5.74) is 4.91. The smallest absolute Gasteiger partial charge is 0.313 e. The largest absolute Gasteiger partial charge is 0.469 e. The molecule has 1 amide bonds. The summed E-state index contributed by atoms with van der Waals surface area (Å²) in [6, 6.07) is 13.7. The second-order valence-corrected chi connectivity index (χ2v) is 6.05. The molecule has 4 rings (SSSR count). The van der Waals surface area contributed by atoms with E-state index in [0.29, 0.717) is 6.54 Å². The molecule has 2 aromatic rings. The monoisotopic (exact) mass is 307 g/mol. The van der Waals surface area contributed by atoms with E-state index in [9.17, 15) is 9.59 Å². The van der Waals surface area contributed by atoms with Gasteiger partial charge in [-0.05, 0) is 47.7 Å². The Morgan fingerprint density at radius 2 is 2.00 bits per heavy atom. The average molecular weight is 307 g/mol. The average Bonchev–Trinajstić information content (AvgIpc) is 3.15. The van der Waals surface area contributed by atoms with Crippen LogP contribution in [0.1, 0.15) is 39.4 Å². The number of amides is 1. The molecule has 2 aliphatic rings. The Labute approximate surface area is 134 Å². The van der Waals surface area contributed by atoms with Crippen molar-refractivity contribution in [2.45, 2.75) is 25.3 Å². The Bertz CT molecular complexity index is 812. The van der Waals surface area contributed by atoms with Crippen LogP contribution >= 0.6 is 0 Å². The van der Waals surface area contributed by atoms with Crippen LogP contribution in [0.15, 0.2) is 42.5 Å². The van der Waals surface area contributed by atoms with Crippen LogP contribution in [0.4, 0.5) is 5.69 Å². The number of esters is 1. The number of hydrogen-bond donors (Lipinski definition) is 0. The summed E-state index contributed by atoms with van der Waals surface area (Å²) in [4.78, 5) is 26.2. The first-order valence-corrected chi connectivity index (χ1v) is 7.79. The predicted molar refractivity (Wildman–Crippen MR) is 86.5 cm³/mol. The fourth-order valence-corrected chi connectivity index (χ4v) is 3.62. The first-order chi connectivity index (χ1) is 11.2. The lowest BCUT2D eigenvalue weighted by Crippen LogP contribution is -2.23. The lowest BCUT2D eigenvalue weighted by atomic mass is 10.0. The van der Waals surface area contributed by atoms with Gasteiger partial charge in [-0.1, -0.05) is 24.3 Å². The number of carbonyl (C=O) groups is 2. The highest BCUT2D eigenvalue weighted by Crippen LogP contribution is 2.37. The van der Waals surface area contributed by atoms with Crippen LogP contribution in [0.3, 0.4) is 0 Å².